The van der Waals surface area contributed by atoms with E-state index in [9.17, 15) is 0 Å². The number of imidazole rings is 1. The van der Waals surface area contributed by atoms with Gasteiger partial charge in [0.15, 0.2) is 11.0 Å². The first-order chi connectivity index (χ1) is 10.3. The maximum absolute atomic E-state index is 5.22. The molecular weight excluding hydrogens is 260 g/mol. The molecule has 21 heavy (non-hydrogen) atoms. The van der Waals surface area contributed by atoms with E-state index in [1.54, 1.807) is 7.11 Å². The second-order valence-electron chi connectivity index (χ2n) is 5.41. The van der Waals surface area contributed by atoms with E-state index >= 15 is 0 Å². The predicted octanol–water partition coefficient (Wildman–Crippen LogP) is 2.93. The number of rotatable bonds is 5. The van der Waals surface area contributed by atoms with Crippen LogP contribution in [0.5, 0.6) is 0 Å². The first kappa shape index (κ1) is 13.8. The van der Waals surface area contributed by atoms with Crippen molar-refractivity contribution in [2.75, 3.05) is 13.7 Å². The molecule has 1 aromatic heterocycles. The topological polar surface area (TPSA) is 18.0 Å². The van der Waals surface area contributed by atoms with Crippen LogP contribution < -0.4 is 4.57 Å². The zero-order valence-corrected chi connectivity index (χ0v) is 12.6. The van der Waals surface area contributed by atoms with Crippen LogP contribution in [0.15, 0.2) is 54.9 Å². The molecule has 2 aromatic carbocycles. The lowest BCUT2D eigenvalue weighted by Gasteiger charge is -1.98. The number of aromatic nitrogens is 2. The number of hydrogen-bond acceptors (Lipinski definition) is 1. The van der Waals surface area contributed by atoms with Crippen molar-refractivity contribution in [3.05, 3.63) is 66.0 Å². The molecule has 3 nitrogen and oxygen atoms in total. The molecule has 0 atom stereocenters. The summed E-state index contributed by atoms with van der Waals surface area (Å²) in [5.74, 6) is 0. The molecule has 0 spiro atoms. The summed E-state index contributed by atoms with van der Waals surface area (Å²) >= 11 is 0. The molecule has 3 heteroatoms. The van der Waals surface area contributed by atoms with Crippen molar-refractivity contribution < 1.29 is 9.30 Å². The van der Waals surface area contributed by atoms with Crippen LogP contribution in [0.25, 0.3) is 11.0 Å². The van der Waals surface area contributed by atoms with Crippen molar-refractivity contribution in [3.63, 3.8) is 0 Å². The van der Waals surface area contributed by atoms with Crippen molar-refractivity contribution in [1.29, 1.82) is 0 Å². The van der Waals surface area contributed by atoms with E-state index in [0.29, 0.717) is 0 Å². The van der Waals surface area contributed by atoms with Crippen LogP contribution in [0.1, 0.15) is 11.1 Å². The van der Waals surface area contributed by atoms with Gasteiger partial charge in [0.1, 0.15) is 13.1 Å². The number of fused-ring (bicyclic) bond motifs is 1. The molecule has 0 unspecified atom stereocenters. The molecule has 0 aliphatic heterocycles. The summed E-state index contributed by atoms with van der Waals surface area (Å²) in [5, 5.41) is 0. The van der Waals surface area contributed by atoms with E-state index in [4.69, 9.17) is 4.74 Å². The van der Waals surface area contributed by atoms with Crippen LogP contribution in [0.4, 0.5) is 0 Å². The lowest BCUT2D eigenvalue weighted by atomic mass is 10.2. The van der Waals surface area contributed by atoms with E-state index in [-0.39, 0.29) is 0 Å². The lowest BCUT2D eigenvalue weighted by molar-refractivity contribution is -0.673. The third-order valence-electron chi connectivity index (χ3n) is 3.76. The van der Waals surface area contributed by atoms with Gasteiger partial charge in [-0.3, -0.25) is 0 Å². The average Bonchev–Trinajstić information content (AvgIpc) is 2.83. The molecular formula is C18H21N2O+. The standard InChI is InChI=1S/C18H21N2O/c1-15-8-9-17-18(12-15)20(14-19(17)10-11-21-2)13-16-6-4-3-5-7-16/h3-9,12,14H,10-11,13H2,1-2H3/q+1. The fourth-order valence-corrected chi connectivity index (χ4v) is 2.67. The van der Waals surface area contributed by atoms with Crippen LogP contribution in [0, 0.1) is 6.92 Å². The Labute approximate surface area is 125 Å². The van der Waals surface area contributed by atoms with Gasteiger partial charge >= 0.3 is 0 Å². The number of hydrogen-bond donors (Lipinski definition) is 0. The zero-order valence-electron chi connectivity index (χ0n) is 12.6. The first-order valence-electron chi connectivity index (χ1n) is 7.30. The molecule has 0 fully saturated rings. The van der Waals surface area contributed by atoms with Crippen LogP contribution in [-0.4, -0.2) is 18.3 Å². The number of benzene rings is 2. The summed E-state index contributed by atoms with van der Waals surface area (Å²) < 4.78 is 9.79. The highest BCUT2D eigenvalue weighted by Gasteiger charge is 2.15. The van der Waals surface area contributed by atoms with Gasteiger partial charge in [0.2, 0.25) is 6.33 Å². The highest BCUT2D eigenvalue weighted by atomic mass is 16.5. The number of nitrogens with zero attached hydrogens (tertiary/aromatic N) is 2. The first-order valence-corrected chi connectivity index (χ1v) is 7.30. The fraction of sp³-hybridized carbons (Fsp3) is 0.278. The van der Waals surface area contributed by atoms with E-state index in [0.717, 1.165) is 19.7 Å². The summed E-state index contributed by atoms with van der Waals surface area (Å²) in [5.41, 5.74) is 5.13. The van der Waals surface area contributed by atoms with Crippen molar-refractivity contribution in [2.45, 2.75) is 20.0 Å². The Hall–Kier alpha value is -2.13. The Morgan fingerprint density at radius 1 is 1.10 bits per heavy atom. The van der Waals surface area contributed by atoms with Crippen molar-refractivity contribution >= 4 is 11.0 Å². The Balaban J connectivity index is 2.02. The van der Waals surface area contributed by atoms with Gasteiger partial charge < -0.3 is 4.74 Å². The van der Waals surface area contributed by atoms with E-state index in [1.807, 2.05) is 0 Å². The highest BCUT2D eigenvalue weighted by molar-refractivity contribution is 5.72. The number of methoxy groups -OCH3 is 1. The smallest absolute Gasteiger partial charge is 0.245 e. The van der Waals surface area contributed by atoms with Gasteiger partial charge in [-0.15, -0.1) is 0 Å². The van der Waals surface area contributed by atoms with Crippen molar-refractivity contribution in [2.24, 2.45) is 0 Å². The monoisotopic (exact) mass is 281 g/mol. The van der Waals surface area contributed by atoms with Gasteiger partial charge in [-0.25, -0.2) is 9.13 Å². The molecule has 3 aromatic rings. The van der Waals surface area contributed by atoms with Gasteiger partial charge in [-0.05, 0) is 30.2 Å². The molecule has 0 saturated carbocycles. The molecule has 0 saturated heterocycles. The third-order valence-corrected chi connectivity index (χ3v) is 3.76. The Bertz CT molecular complexity index is 732. The molecule has 1 heterocycles. The third kappa shape index (κ3) is 2.98. The normalized spacial score (nSPS) is 11.1. The van der Waals surface area contributed by atoms with Gasteiger partial charge in [0, 0.05) is 7.11 Å². The summed E-state index contributed by atoms with van der Waals surface area (Å²) in [7, 11) is 1.74. The molecule has 0 aliphatic carbocycles. The van der Waals surface area contributed by atoms with Gasteiger partial charge in [0.05, 0.1) is 6.61 Å². The fourth-order valence-electron chi connectivity index (χ4n) is 2.67. The number of aryl methyl sites for hydroxylation is 1. The zero-order chi connectivity index (χ0) is 14.7. The quantitative estimate of drug-likeness (QED) is 0.658. The molecule has 0 radical (unpaired) electrons. The Kier molecular flexibility index (Phi) is 4.02. The van der Waals surface area contributed by atoms with Crippen LogP contribution in [0.2, 0.25) is 0 Å². The molecule has 108 valence electrons. The lowest BCUT2D eigenvalue weighted by Crippen LogP contribution is -2.34. The van der Waals surface area contributed by atoms with Crippen LogP contribution in [0.3, 0.4) is 0 Å². The SMILES string of the molecule is COCC[n+]1cn(Cc2ccccc2)c2cc(C)ccc21. The second kappa shape index (κ2) is 6.10. The molecule has 0 aliphatic rings. The van der Waals surface area contributed by atoms with Crippen molar-refractivity contribution in [3.8, 4) is 0 Å². The van der Waals surface area contributed by atoms with E-state index < -0.39 is 0 Å². The average molecular weight is 281 g/mol. The molecule has 0 bridgehead atoms. The van der Waals surface area contributed by atoms with Gasteiger partial charge in [0.25, 0.3) is 0 Å². The predicted molar refractivity (Wildman–Crippen MR) is 84.3 cm³/mol. The van der Waals surface area contributed by atoms with E-state index in [1.165, 1.54) is 22.2 Å². The Morgan fingerprint density at radius 2 is 1.90 bits per heavy atom. The maximum Gasteiger partial charge on any atom is 0.245 e. The summed E-state index contributed by atoms with van der Waals surface area (Å²) in [6.45, 7) is 4.63. The summed E-state index contributed by atoms with van der Waals surface area (Å²) in [6.07, 6.45) is 2.19. The number of ether oxygens (including phenoxy) is 1. The maximum atomic E-state index is 5.22. The molecule has 0 amide bonds. The second-order valence-corrected chi connectivity index (χ2v) is 5.41. The van der Waals surface area contributed by atoms with Crippen LogP contribution in [-0.2, 0) is 17.8 Å². The highest BCUT2D eigenvalue weighted by Crippen LogP contribution is 2.15. The van der Waals surface area contributed by atoms with Crippen LogP contribution >= 0.6 is 0 Å². The summed E-state index contributed by atoms with van der Waals surface area (Å²) in [6, 6.07) is 17.2. The van der Waals surface area contributed by atoms with Crippen molar-refractivity contribution in [1.82, 2.24) is 4.57 Å². The van der Waals surface area contributed by atoms with E-state index in [2.05, 4.69) is 70.9 Å². The minimum atomic E-state index is 0.725. The Morgan fingerprint density at radius 3 is 2.67 bits per heavy atom. The summed E-state index contributed by atoms with van der Waals surface area (Å²) in [4.78, 5) is 0. The minimum Gasteiger partial charge on any atom is -0.381 e. The largest absolute Gasteiger partial charge is 0.381 e. The van der Waals surface area contributed by atoms with Gasteiger partial charge in [-0.1, -0.05) is 36.4 Å². The van der Waals surface area contributed by atoms with Gasteiger partial charge in [-0.2, -0.15) is 0 Å². The molecule has 0 N–H and O–H groups in total. The minimum absolute atomic E-state index is 0.725. The molecule has 3 rings (SSSR count).